The van der Waals surface area contributed by atoms with E-state index in [-0.39, 0.29) is 0 Å². The maximum Gasteiger partial charge on any atom is 0.313 e. The average Bonchev–Trinajstić information content (AvgIpc) is 2.73. The number of anilines is 2. The molecule has 0 spiro atoms. The number of carbonyl (C=O) groups is 2. The van der Waals surface area contributed by atoms with Crippen molar-refractivity contribution in [2.45, 2.75) is 33.6 Å². The van der Waals surface area contributed by atoms with E-state index in [4.69, 9.17) is 0 Å². The minimum absolute atomic E-state index is 0.447. The summed E-state index contributed by atoms with van der Waals surface area (Å²) in [7, 11) is 0. The van der Waals surface area contributed by atoms with Crippen LogP contribution < -0.4 is 10.2 Å². The first-order valence-corrected chi connectivity index (χ1v) is 10.1. The van der Waals surface area contributed by atoms with E-state index in [0.29, 0.717) is 13.1 Å². The maximum absolute atomic E-state index is 12.7. The van der Waals surface area contributed by atoms with Crippen LogP contribution in [0.3, 0.4) is 0 Å². The third kappa shape index (κ3) is 4.35. The van der Waals surface area contributed by atoms with Crippen LogP contribution >= 0.6 is 0 Å². The highest BCUT2D eigenvalue weighted by molar-refractivity contribution is 6.39. The Balaban J connectivity index is 1.63. The van der Waals surface area contributed by atoms with Gasteiger partial charge < -0.3 is 15.1 Å². The number of aryl methyl sites for hydroxylation is 3. The largest absolute Gasteiger partial charge is 0.368 e. The van der Waals surface area contributed by atoms with Crippen LogP contribution in [0.2, 0.25) is 0 Å². The third-order valence-corrected chi connectivity index (χ3v) is 5.37. The SMILES string of the molecule is CCc1cccc(CC)c1NC(=O)C(=O)N1CCN(c2cccc(C)c2)CC1. The monoisotopic (exact) mass is 379 g/mol. The van der Waals surface area contributed by atoms with Gasteiger partial charge in [-0.15, -0.1) is 0 Å². The molecule has 1 N–H and O–H groups in total. The van der Waals surface area contributed by atoms with Crippen molar-refractivity contribution in [1.82, 2.24) is 4.90 Å². The second kappa shape index (κ2) is 8.91. The Labute approximate surface area is 167 Å². The molecule has 2 amide bonds. The number of piperazine rings is 1. The minimum atomic E-state index is -0.542. The zero-order chi connectivity index (χ0) is 20.1. The van der Waals surface area contributed by atoms with Crippen LogP contribution in [0.15, 0.2) is 42.5 Å². The van der Waals surface area contributed by atoms with Gasteiger partial charge in [0.15, 0.2) is 0 Å². The quantitative estimate of drug-likeness (QED) is 0.829. The zero-order valence-electron chi connectivity index (χ0n) is 17.0. The summed E-state index contributed by atoms with van der Waals surface area (Å²) >= 11 is 0. The van der Waals surface area contributed by atoms with Gasteiger partial charge >= 0.3 is 11.8 Å². The summed E-state index contributed by atoms with van der Waals surface area (Å²) in [4.78, 5) is 29.2. The summed E-state index contributed by atoms with van der Waals surface area (Å²) < 4.78 is 0. The lowest BCUT2D eigenvalue weighted by Gasteiger charge is -2.36. The first kappa shape index (κ1) is 19.9. The van der Waals surface area contributed by atoms with E-state index in [0.717, 1.165) is 42.7 Å². The van der Waals surface area contributed by atoms with E-state index in [2.05, 4.69) is 49.2 Å². The van der Waals surface area contributed by atoms with Crippen LogP contribution in [0.4, 0.5) is 11.4 Å². The van der Waals surface area contributed by atoms with Gasteiger partial charge in [-0.25, -0.2) is 0 Å². The molecule has 5 nitrogen and oxygen atoms in total. The number of hydrogen-bond acceptors (Lipinski definition) is 3. The number of amides is 2. The molecule has 1 heterocycles. The van der Waals surface area contributed by atoms with E-state index >= 15 is 0 Å². The lowest BCUT2D eigenvalue weighted by atomic mass is 10.0. The van der Waals surface area contributed by atoms with E-state index in [9.17, 15) is 9.59 Å². The molecular formula is C23H29N3O2. The van der Waals surface area contributed by atoms with Crippen LogP contribution in [-0.4, -0.2) is 42.9 Å². The van der Waals surface area contributed by atoms with Crippen molar-refractivity contribution in [3.63, 3.8) is 0 Å². The number of hydrogen-bond donors (Lipinski definition) is 1. The predicted octanol–water partition coefficient (Wildman–Crippen LogP) is 3.41. The second-order valence-electron chi connectivity index (χ2n) is 7.23. The van der Waals surface area contributed by atoms with Gasteiger partial charge in [-0.1, -0.05) is 44.2 Å². The first-order valence-electron chi connectivity index (χ1n) is 10.1. The molecule has 0 radical (unpaired) electrons. The molecule has 0 aromatic heterocycles. The predicted molar refractivity (Wildman–Crippen MR) is 114 cm³/mol. The van der Waals surface area contributed by atoms with Gasteiger partial charge in [0.1, 0.15) is 0 Å². The van der Waals surface area contributed by atoms with Crippen molar-refractivity contribution in [3.05, 3.63) is 59.2 Å². The smallest absolute Gasteiger partial charge is 0.313 e. The molecule has 148 valence electrons. The molecule has 1 fully saturated rings. The minimum Gasteiger partial charge on any atom is -0.368 e. The molecule has 0 bridgehead atoms. The molecular weight excluding hydrogens is 350 g/mol. The summed E-state index contributed by atoms with van der Waals surface area (Å²) in [5.41, 5.74) is 5.30. The average molecular weight is 380 g/mol. The van der Waals surface area contributed by atoms with Crippen molar-refractivity contribution < 1.29 is 9.59 Å². The van der Waals surface area contributed by atoms with E-state index in [1.54, 1.807) is 4.90 Å². The summed E-state index contributed by atoms with van der Waals surface area (Å²) in [6, 6.07) is 14.4. The van der Waals surface area contributed by atoms with Crippen molar-refractivity contribution >= 4 is 23.2 Å². The van der Waals surface area contributed by atoms with Crippen LogP contribution in [0, 0.1) is 6.92 Å². The van der Waals surface area contributed by atoms with Crippen molar-refractivity contribution in [3.8, 4) is 0 Å². The molecule has 0 aliphatic carbocycles. The highest BCUT2D eigenvalue weighted by Crippen LogP contribution is 2.23. The molecule has 0 unspecified atom stereocenters. The lowest BCUT2D eigenvalue weighted by Crippen LogP contribution is -2.51. The molecule has 2 aromatic carbocycles. The number of para-hydroxylation sites is 1. The Hall–Kier alpha value is -2.82. The molecule has 1 aliphatic rings. The number of nitrogens with zero attached hydrogens (tertiary/aromatic N) is 2. The van der Waals surface area contributed by atoms with E-state index in [1.165, 1.54) is 11.3 Å². The van der Waals surface area contributed by atoms with Gasteiger partial charge in [0.2, 0.25) is 0 Å². The Morgan fingerprint density at radius 2 is 1.54 bits per heavy atom. The number of benzene rings is 2. The molecule has 3 rings (SSSR count). The third-order valence-electron chi connectivity index (χ3n) is 5.37. The lowest BCUT2D eigenvalue weighted by molar-refractivity contribution is -0.143. The van der Waals surface area contributed by atoms with Crippen LogP contribution in [0.5, 0.6) is 0 Å². The summed E-state index contributed by atoms with van der Waals surface area (Å²) in [5.74, 6) is -0.989. The highest BCUT2D eigenvalue weighted by atomic mass is 16.2. The fourth-order valence-electron chi connectivity index (χ4n) is 3.71. The molecule has 5 heteroatoms. The van der Waals surface area contributed by atoms with Gasteiger partial charge in [-0.05, 0) is 48.6 Å². The van der Waals surface area contributed by atoms with Crippen molar-refractivity contribution in [2.75, 3.05) is 36.4 Å². The summed E-state index contributed by atoms with van der Waals surface area (Å²) in [6.07, 6.45) is 1.62. The fourth-order valence-corrected chi connectivity index (χ4v) is 3.71. The Morgan fingerprint density at radius 1 is 0.929 bits per heavy atom. The Bertz CT molecular complexity index is 832. The zero-order valence-corrected chi connectivity index (χ0v) is 17.0. The molecule has 1 saturated heterocycles. The number of rotatable bonds is 4. The topological polar surface area (TPSA) is 52.7 Å². The fraction of sp³-hybridized carbons (Fsp3) is 0.391. The standard InChI is InChI=1S/C23H29N3O2/c1-4-18-9-7-10-19(5-2)21(18)24-22(27)23(28)26-14-12-25(13-15-26)20-11-6-8-17(3)16-20/h6-11,16H,4-5,12-15H2,1-3H3,(H,24,27). The van der Waals surface area contributed by atoms with Gasteiger partial charge in [0, 0.05) is 37.6 Å². The normalized spacial score (nSPS) is 14.1. The van der Waals surface area contributed by atoms with E-state index < -0.39 is 11.8 Å². The van der Waals surface area contributed by atoms with Crippen LogP contribution in [0.25, 0.3) is 0 Å². The Kier molecular flexibility index (Phi) is 6.34. The first-order chi connectivity index (χ1) is 13.5. The van der Waals surface area contributed by atoms with Gasteiger partial charge in [-0.2, -0.15) is 0 Å². The summed E-state index contributed by atoms with van der Waals surface area (Å²) in [5, 5.41) is 2.88. The van der Waals surface area contributed by atoms with Crippen molar-refractivity contribution in [1.29, 1.82) is 0 Å². The number of nitrogens with one attached hydrogen (secondary N) is 1. The second-order valence-corrected chi connectivity index (χ2v) is 7.23. The number of carbonyl (C=O) groups excluding carboxylic acids is 2. The molecule has 0 saturated carbocycles. The molecule has 2 aromatic rings. The van der Waals surface area contributed by atoms with Gasteiger partial charge in [-0.3, -0.25) is 9.59 Å². The van der Waals surface area contributed by atoms with Crippen molar-refractivity contribution in [2.24, 2.45) is 0 Å². The molecule has 28 heavy (non-hydrogen) atoms. The molecule has 1 aliphatic heterocycles. The summed E-state index contributed by atoms with van der Waals surface area (Å²) in [6.45, 7) is 8.74. The van der Waals surface area contributed by atoms with Gasteiger partial charge in [0.25, 0.3) is 0 Å². The maximum atomic E-state index is 12.7. The van der Waals surface area contributed by atoms with Crippen LogP contribution in [-0.2, 0) is 22.4 Å². The van der Waals surface area contributed by atoms with Gasteiger partial charge in [0.05, 0.1) is 0 Å². The van der Waals surface area contributed by atoms with E-state index in [1.807, 2.05) is 24.3 Å². The van der Waals surface area contributed by atoms with Crippen LogP contribution in [0.1, 0.15) is 30.5 Å². The Morgan fingerprint density at radius 3 is 2.11 bits per heavy atom. The molecule has 0 atom stereocenters. The highest BCUT2D eigenvalue weighted by Gasteiger charge is 2.27.